The Bertz CT molecular complexity index is 394. The number of rotatable bonds is 3. The van der Waals surface area contributed by atoms with Crippen molar-refractivity contribution < 1.29 is 15.0 Å². The van der Waals surface area contributed by atoms with E-state index in [1.54, 1.807) is 0 Å². The summed E-state index contributed by atoms with van der Waals surface area (Å²) in [4.78, 5) is 22.0. The molecule has 0 saturated heterocycles. The third-order valence-corrected chi connectivity index (χ3v) is 1.72. The molecule has 14 heavy (non-hydrogen) atoms. The van der Waals surface area contributed by atoms with E-state index in [1.165, 1.54) is 25.1 Å². The number of nitrogens with zero attached hydrogens (tertiary/aromatic N) is 1. The van der Waals surface area contributed by atoms with Crippen LogP contribution in [-0.2, 0) is 6.54 Å². The first kappa shape index (κ1) is 10.5. The number of carbonyl (C=O) groups is 1. The molecule has 1 aromatic rings. The molecule has 5 heteroatoms. The van der Waals surface area contributed by atoms with Gasteiger partial charge in [0.1, 0.15) is 5.69 Å². The van der Waals surface area contributed by atoms with Crippen molar-refractivity contribution in [3.8, 4) is 0 Å². The Hall–Kier alpha value is -1.62. The molecular formula is C9H11NO4. The van der Waals surface area contributed by atoms with Crippen molar-refractivity contribution in [2.75, 3.05) is 0 Å². The minimum Gasteiger partial charge on any atom is -0.477 e. The monoisotopic (exact) mass is 197 g/mol. The first-order valence-corrected chi connectivity index (χ1v) is 4.13. The second-order valence-electron chi connectivity index (χ2n) is 3.01. The molecular weight excluding hydrogens is 186 g/mol. The van der Waals surface area contributed by atoms with Crippen molar-refractivity contribution in [2.45, 2.75) is 19.6 Å². The fraction of sp³-hybridized carbons (Fsp3) is 0.333. The Balaban J connectivity index is 3.23. The van der Waals surface area contributed by atoms with E-state index in [9.17, 15) is 9.59 Å². The van der Waals surface area contributed by atoms with Crippen LogP contribution < -0.4 is 5.56 Å². The number of carboxylic acid groups (broad SMARTS) is 1. The summed E-state index contributed by atoms with van der Waals surface area (Å²) in [6.45, 7) is 1.48. The second-order valence-corrected chi connectivity index (χ2v) is 3.01. The summed E-state index contributed by atoms with van der Waals surface area (Å²) < 4.78 is 1.03. The van der Waals surface area contributed by atoms with Crippen LogP contribution in [0, 0.1) is 0 Å². The van der Waals surface area contributed by atoms with E-state index in [4.69, 9.17) is 10.2 Å². The maximum atomic E-state index is 11.3. The molecule has 0 aliphatic heterocycles. The van der Waals surface area contributed by atoms with E-state index >= 15 is 0 Å². The van der Waals surface area contributed by atoms with Crippen LogP contribution in [0.1, 0.15) is 17.4 Å². The van der Waals surface area contributed by atoms with Gasteiger partial charge >= 0.3 is 5.97 Å². The predicted molar refractivity (Wildman–Crippen MR) is 49.3 cm³/mol. The predicted octanol–water partition coefficient (Wildman–Crippen LogP) is -0.0727. The minimum atomic E-state index is -1.18. The molecule has 1 heterocycles. The lowest BCUT2D eigenvalue weighted by atomic mass is 10.3. The molecule has 0 amide bonds. The van der Waals surface area contributed by atoms with E-state index in [-0.39, 0.29) is 12.2 Å². The molecule has 1 aromatic heterocycles. The number of aromatic nitrogens is 1. The Morgan fingerprint density at radius 3 is 2.71 bits per heavy atom. The molecule has 0 aliphatic carbocycles. The van der Waals surface area contributed by atoms with Crippen LogP contribution in [0.25, 0.3) is 0 Å². The molecule has 0 bridgehead atoms. The molecule has 0 fully saturated rings. The maximum Gasteiger partial charge on any atom is 0.352 e. The molecule has 2 N–H and O–H groups in total. The van der Waals surface area contributed by atoms with Crippen LogP contribution in [0.2, 0.25) is 0 Å². The van der Waals surface area contributed by atoms with Gasteiger partial charge in [-0.3, -0.25) is 9.36 Å². The van der Waals surface area contributed by atoms with Gasteiger partial charge < -0.3 is 10.2 Å². The van der Waals surface area contributed by atoms with Gasteiger partial charge in [-0.05, 0) is 13.0 Å². The highest BCUT2D eigenvalue weighted by molar-refractivity contribution is 5.85. The van der Waals surface area contributed by atoms with Gasteiger partial charge in [0.05, 0.1) is 12.6 Å². The van der Waals surface area contributed by atoms with Gasteiger partial charge in [0.15, 0.2) is 0 Å². The average Bonchev–Trinajstić information content (AvgIpc) is 2.07. The van der Waals surface area contributed by atoms with Crippen LogP contribution in [0.5, 0.6) is 0 Å². The van der Waals surface area contributed by atoms with Gasteiger partial charge in [-0.1, -0.05) is 6.07 Å². The summed E-state index contributed by atoms with van der Waals surface area (Å²) in [6, 6.07) is 3.96. The normalized spacial score (nSPS) is 12.4. The largest absolute Gasteiger partial charge is 0.477 e. The molecule has 1 rings (SSSR count). The molecule has 0 aliphatic rings. The quantitative estimate of drug-likeness (QED) is 0.710. The number of hydrogen-bond acceptors (Lipinski definition) is 3. The number of pyridine rings is 1. The van der Waals surface area contributed by atoms with Gasteiger partial charge in [0, 0.05) is 6.07 Å². The lowest BCUT2D eigenvalue weighted by molar-refractivity contribution is 0.0678. The third kappa shape index (κ3) is 2.20. The molecule has 0 spiro atoms. The maximum absolute atomic E-state index is 11.3. The van der Waals surface area contributed by atoms with E-state index in [0.717, 1.165) is 4.57 Å². The van der Waals surface area contributed by atoms with Crippen LogP contribution in [-0.4, -0.2) is 26.9 Å². The summed E-state index contributed by atoms with van der Waals surface area (Å²) in [7, 11) is 0. The van der Waals surface area contributed by atoms with Crippen LogP contribution in [0.3, 0.4) is 0 Å². The Kier molecular flexibility index (Phi) is 3.03. The molecule has 1 unspecified atom stereocenters. The summed E-state index contributed by atoms with van der Waals surface area (Å²) in [5, 5.41) is 17.8. The number of aliphatic hydroxyl groups is 1. The van der Waals surface area contributed by atoms with Crippen molar-refractivity contribution in [3.63, 3.8) is 0 Å². The fourth-order valence-corrected chi connectivity index (χ4v) is 1.16. The fourth-order valence-electron chi connectivity index (χ4n) is 1.16. The summed E-state index contributed by atoms with van der Waals surface area (Å²) in [6.07, 6.45) is -0.756. The summed E-state index contributed by atoms with van der Waals surface area (Å²) in [5.41, 5.74) is -0.538. The van der Waals surface area contributed by atoms with Gasteiger partial charge in [0.25, 0.3) is 5.56 Å². The Labute approximate surface area is 80.2 Å². The molecule has 0 aromatic carbocycles. The molecule has 0 saturated carbocycles. The van der Waals surface area contributed by atoms with Crippen LogP contribution in [0.4, 0.5) is 0 Å². The number of aromatic carboxylic acids is 1. The highest BCUT2D eigenvalue weighted by Crippen LogP contribution is 1.98. The van der Waals surface area contributed by atoms with E-state index in [2.05, 4.69) is 0 Å². The van der Waals surface area contributed by atoms with Crippen molar-refractivity contribution in [1.29, 1.82) is 0 Å². The van der Waals surface area contributed by atoms with E-state index < -0.39 is 17.6 Å². The lowest BCUT2D eigenvalue weighted by Crippen LogP contribution is -2.29. The highest BCUT2D eigenvalue weighted by Gasteiger charge is 2.11. The van der Waals surface area contributed by atoms with E-state index in [1.807, 2.05) is 0 Å². The molecule has 76 valence electrons. The standard InChI is InChI=1S/C9H11NO4/c1-6(11)5-10-7(9(13)14)3-2-4-8(10)12/h2-4,6,11H,5H2,1H3,(H,13,14). The van der Waals surface area contributed by atoms with Crippen molar-refractivity contribution in [1.82, 2.24) is 4.57 Å². The van der Waals surface area contributed by atoms with Crippen LogP contribution in [0.15, 0.2) is 23.0 Å². The van der Waals surface area contributed by atoms with Crippen LogP contribution >= 0.6 is 0 Å². The van der Waals surface area contributed by atoms with Crippen molar-refractivity contribution in [2.24, 2.45) is 0 Å². The molecule has 1 atom stereocenters. The first-order valence-electron chi connectivity index (χ1n) is 4.13. The number of hydrogen-bond donors (Lipinski definition) is 2. The Morgan fingerprint density at radius 1 is 1.57 bits per heavy atom. The van der Waals surface area contributed by atoms with Gasteiger partial charge in [-0.15, -0.1) is 0 Å². The van der Waals surface area contributed by atoms with Gasteiger partial charge in [-0.2, -0.15) is 0 Å². The highest BCUT2D eigenvalue weighted by atomic mass is 16.4. The molecule has 0 radical (unpaired) electrons. The number of aliphatic hydroxyl groups excluding tert-OH is 1. The SMILES string of the molecule is CC(O)Cn1c(C(=O)O)cccc1=O. The lowest BCUT2D eigenvalue weighted by Gasteiger charge is -2.10. The first-order chi connectivity index (χ1) is 6.52. The summed E-state index contributed by atoms with van der Waals surface area (Å²) >= 11 is 0. The van der Waals surface area contributed by atoms with Crippen molar-refractivity contribution >= 4 is 5.97 Å². The minimum absolute atomic E-state index is 0.0126. The number of carboxylic acids is 1. The average molecular weight is 197 g/mol. The molecule has 5 nitrogen and oxygen atoms in total. The zero-order valence-electron chi connectivity index (χ0n) is 7.67. The third-order valence-electron chi connectivity index (χ3n) is 1.72. The summed E-state index contributed by atoms with van der Waals surface area (Å²) in [5.74, 6) is -1.18. The second kappa shape index (κ2) is 4.06. The van der Waals surface area contributed by atoms with Gasteiger partial charge in [-0.25, -0.2) is 4.79 Å². The Morgan fingerprint density at radius 2 is 2.21 bits per heavy atom. The zero-order valence-corrected chi connectivity index (χ0v) is 7.67. The van der Waals surface area contributed by atoms with Gasteiger partial charge in [0.2, 0.25) is 0 Å². The zero-order chi connectivity index (χ0) is 10.7. The van der Waals surface area contributed by atoms with E-state index in [0.29, 0.717) is 0 Å². The topological polar surface area (TPSA) is 79.5 Å². The smallest absolute Gasteiger partial charge is 0.352 e. The van der Waals surface area contributed by atoms with Crippen molar-refractivity contribution in [3.05, 3.63) is 34.2 Å².